The third-order valence-electron chi connectivity index (χ3n) is 8.95. The standard InChI is InChI=1S/C23H33N3O2S/c1-22-11-14-26(29(3,27)28)13-9-17(22)4-5-18-19-6-7-21(25-15-12-24-16-25)23(19,2)10-8-20(18)22/h6-7,12,15-18,20H,4-5,8-11,13-14H2,1-3H3/t17?,18?,20?,22-,23-/m0/s1. The number of rotatable bonds is 2. The van der Waals surface area contributed by atoms with Crippen molar-refractivity contribution >= 4 is 15.7 Å². The van der Waals surface area contributed by atoms with E-state index in [0.29, 0.717) is 30.8 Å². The number of hydrogen-bond donors (Lipinski definition) is 0. The van der Waals surface area contributed by atoms with E-state index in [-0.39, 0.29) is 10.8 Å². The average molecular weight is 416 g/mol. The van der Waals surface area contributed by atoms with Crippen LogP contribution in [0.2, 0.25) is 0 Å². The molecule has 158 valence electrons. The molecular weight excluding hydrogens is 382 g/mol. The minimum atomic E-state index is -3.10. The minimum absolute atomic E-state index is 0.106. The molecule has 0 amide bonds. The van der Waals surface area contributed by atoms with Gasteiger partial charge in [0, 0.05) is 36.6 Å². The summed E-state index contributed by atoms with van der Waals surface area (Å²) in [7, 11) is -3.10. The van der Waals surface area contributed by atoms with Crippen molar-refractivity contribution in [2.45, 2.75) is 52.4 Å². The summed E-state index contributed by atoms with van der Waals surface area (Å²) in [4.78, 5) is 4.26. The number of hydrogen-bond acceptors (Lipinski definition) is 3. The van der Waals surface area contributed by atoms with Gasteiger partial charge < -0.3 is 4.57 Å². The van der Waals surface area contributed by atoms with Crippen LogP contribution in [0.1, 0.15) is 52.4 Å². The van der Waals surface area contributed by atoms with Gasteiger partial charge in [-0.25, -0.2) is 17.7 Å². The SMILES string of the molecule is C[C@]12CCC3C(CCC4CCN(S(C)(=O)=O)CC[C@@]43C)C1=CC=C2n1ccnc1. The van der Waals surface area contributed by atoms with Gasteiger partial charge in [0.15, 0.2) is 0 Å². The van der Waals surface area contributed by atoms with E-state index in [1.807, 2.05) is 12.5 Å². The van der Waals surface area contributed by atoms with Crippen LogP contribution < -0.4 is 0 Å². The molecule has 2 heterocycles. The number of fused-ring (bicyclic) bond motifs is 5. The van der Waals surface area contributed by atoms with Crippen LogP contribution in [-0.2, 0) is 10.0 Å². The van der Waals surface area contributed by atoms with Crippen molar-refractivity contribution in [2.24, 2.45) is 28.6 Å². The van der Waals surface area contributed by atoms with Crippen molar-refractivity contribution in [3.05, 3.63) is 36.4 Å². The van der Waals surface area contributed by atoms with E-state index in [2.05, 4.69) is 41.7 Å². The van der Waals surface area contributed by atoms with E-state index in [4.69, 9.17) is 0 Å². The molecule has 29 heavy (non-hydrogen) atoms. The quantitative estimate of drug-likeness (QED) is 0.728. The van der Waals surface area contributed by atoms with E-state index in [1.165, 1.54) is 37.6 Å². The van der Waals surface area contributed by atoms with Gasteiger partial charge in [-0.1, -0.05) is 25.5 Å². The monoisotopic (exact) mass is 415 g/mol. The fourth-order valence-corrected chi connectivity index (χ4v) is 8.12. The Labute approximate surface area is 174 Å². The van der Waals surface area contributed by atoms with Crippen LogP contribution in [0.25, 0.3) is 5.70 Å². The van der Waals surface area contributed by atoms with Crippen molar-refractivity contribution in [1.82, 2.24) is 13.9 Å². The molecule has 3 fully saturated rings. The average Bonchev–Trinajstić information content (AvgIpc) is 3.24. The molecule has 6 heteroatoms. The Morgan fingerprint density at radius 1 is 1.07 bits per heavy atom. The molecule has 1 aromatic rings. The highest BCUT2D eigenvalue weighted by Gasteiger charge is 2.56. The molecule has 5 rings (SSSR count). The van der Waals surface area contributed by atoms with Crippen LogP contribution in [0.15, 0.2) is 36.4 Å². The summed E-state index contributed by atoms with van der Waals surface area (Å²) < 4.78 is 28.3. The summed E-state index contributed by atoms with van der Waals surface area (Å²) in [5.74, 6) is 1.93. The highest BCUT2D eigenvalue weighted by atomic mass is 32.2. The number of imidazole rings is 1. The van der Waals surface area contributed by atoms with E-state index in [9.17, 15) is 8.42 Å². The molecule has 0 radical (unpaired) electrons. The molecule has 0 spiro atoms. The number of nitrogens with zero attached hydrogens (tertiary/aromatic N) is 3. The van der Waals surface area contributed by atoms with Crippen molar-refractivity contribution < 1.29 is 8.42 Å². The predicted molar refractivity (Wildman–Crippen MR) is 115 cm³/mol. The fraction of sp³-hybridized carbons (Fsp3) is 0.696. The molecular formula is C23H33N3O2S. The first-order valence-electron chi connectivity index (χ1n) is 11.1. The van der Waals surface area contributed by atoms with Crippen LogP contribution in [0.4, 0.5) is 0 Å². The highest BCUT2D eigenvalue weighted by molar-refractivity contribution is 7.88. The molecule has 1 aromatic heterocycles. The molecule has 5 nitrogen and oxygen atoms in total. The topological polar surface area (TPSA) is 55.2 Å². The molecule has 5 atom stereocenters. The molecule has 0 N–H and O–H groups in total. The lowest BCUT2D eigenvalue weighted by Crippen LogP contribution is -2.49. The van der Waals surface area contributed by atoms with Gasteiger partial charge in [0.2, 0.25) is 10.0 Å². The van der Waals surface area contributed by atoms with Crippen LogP contribution in [0.5, 0.6) is 0 Å². The van der Waals surface area contributed by atoms with Gasteiger partial charge >= 0.3 is 0 Å². The van der Waals surface area contributed by atoms with Gasteiger partial charge in [-0.05, 0) is 67.8 Å². The summed E-state index contributed by atoms with van der Waals surface area (Å²) in [6, 6.07) is 0. The van der Waals surface area contributed by atoms with Gasteiger partial charge in [-0.2, -0.15) is 0 Å². The maximum Gasteiger partial charge on any atom is 0.211 e. The molecule has 4 aliphatic rings. The summed E-state index contributed by atoms with van der Waals surface area (Å²) >= 11 is 0. The summed E-state index contributed by atoms with van der Waals surface area (Å²) in [6.45, 7) is 6.27. The number of aromatic nitrogens is 2. The zero-order chi connectivity index (χ0) is 20.4. The van der Waals surface area contributed by atoms with E-state index in [1.54, 1.807) is 9.88 Å². The molecule has 3 unspecified atom stereocenters. The van der Waals surface area contributed by atoms with Crippen molar-refractivity contribution in [3.63, 3.8) is 0 Å². The molecule has 1 aliphatic heterocycles. The second-order valence-corrected chi connectivity index (χ2v) is 12.2. The molecule has 0 aromatic carbocycles. The molecule has 1 saturated heterocycles. The van der Waals surface area contributed by atoms with Gasteiger partial charge in [-0.3, -0.25) is 0 Å². The van der Waals surface area contributed by atoms with E-state index >= 15 is 0 Å². The number of allylic oxidation sites excluding steroid dienone is 4. The zero-order valence-corrected chi connectivity index (χ0v) is 18.7. The largest absolute Gasteiger partial charge is 0.309 e. The Morgan fingerprint density at radius 2 is 1.90 bits per heavy atom. The van der Waals surface area contributed by atoms with Gasteiger partial charge in [0.1, 0.15) is 0 Å². The van der Waals surface area contributed by atoms with Crippen LogP contribution in [0, 0.1) is 28.6 Å². The Bertz CT molecular complexity index is 964. The maximum atomic E-state index is 12.2. The Morgan fingerprint density at radius 3 is 2.62 bits per heavy atom. The second kappa shape index (κ2) is 6.55. The smallest absolute Gasteiger partial charge is 0.211 e. The van der Waals surface area contributed by atoms with Gasteiger partial charge in [0.25, 0.3) is 0 Å². The summed E-state index contributed by atoms with van der Waals surface area (Å²) in [6.07, 6.45) is 18.8. The fourth-order valence-electron chi connectivity index (χ4n) is 7.26. The first-order valence-corrected chi connectivity index (χ1v) is 12.9. The normalized spacial score (nSPS) is 40.3. The lowest BCUT2D eigenvalue weighted by atomic mass is 9.48. The Kier molecular flexibility index (Phi) is 4.42. The van der Waals surface area contributed by atoms with E-state index in [0.717, 1.165) is 12.8 Å². The van der Waals surface area contributed by atoms with E-state index < -0.39 is 10.0 Å². The molecule has 0 bridgehead atoms. The van der Waals surface area contributed by atoms with Crippen molar-refractivity contribution in [1.29, 1.82) is 0 Å². The lowest BCUT2D eigenvalue weighted by molar-refractivity contribution is -0.0218. The summed E-state index contributed by atoms with van der Waals surface area (Å²) in [5, 5.41) is 0. The second-order valence-electron chi connectivity index (χ2n) is 10.2. The molecule has 3 aliphatic carbocycles. The lowest BCUT2D eigenvalue weighted by Gasteiger charge is -2.57. The predicted octanol–water partition coefficient (Wildman–Crippen LogP) is 4.17. The highest BCUT2D eigenvalue weighted by Crippen LogP contribution is 2.64. The third-order valence-corrected chi connectivity index (χ3v) is 10.3. The van der Waals surface area contributed by atoms with Crippen molar-refractivity contribution in [2.75, 3.05) is 19.3 Å². The third kappa shape index (κ3) is 2.89. The van der Waals surface area contributed by atoms with Crippen LogP contribution in [-0.4, -0.2) is 41.6 Å². The zero-order valence-electron chi connectivity index (χ0n) is 17.8. The van der Waals surface area contributed by atoms with Crippen molar-refractivity contribution in [3.8, 4) is 0 Å². The Balaban J connectivity index is 1.43. The van der Waals surface area contributed by atoms with Gasteiger partial charge in [-0.15, -0.1) is 0 Å². The van der Waals surface area contributed by atoms with Crippen LogP contribution in [0.3, 0.4) is 0 Å². The maximum absolute atomic E-state index is 12.2. The minimum Gasteiger partial charge on any atom is -0.309 e. The first kappa shape index (κ1) is 19.6. The Hall–Kier alpha value is -1.40. The summed E-state index contributed by atoms with van der Waals surface area (Å²) in [5.41, 5.74) is 3.32. The van der Waals surface area contributed by atoms with Gasteiger partial charge in [0.05, 0.1) is 12.6 Å². The number of sulfonamides is 1. The van der Waals surface area contributed by atoms with Crippen LogP contribution >= 0.6 is 0 Å². The molecule has 2 saturated carbocycles. The first-order chi connectivity index (χ1) is 13.7.